The second-order valence-electron chi connectivity index (χ2n) is 6.92. The number of carboxylic acid groups (broad SMARTS) is 1. The number of carbonyl (C=O) groups excluding carboxylic acids is 1. The molecule has 0 aliphatic heterocycles. The zero-order valence-electron chi connectivity index (χ0n) is 17.3. The highest BCUT2D eigenvalue weighted by Crippen LogP contribution is 2.28. The lowest BCUT2D eigenvalue weighted by atomic mass is 10.1. The maximum atomic E-state index is 12.1. The highest BCUT2D eigenvalue weighted by atomic mass is 16.5. The second kappa shape index (κ2) is 10.2. The molecule has 0 aliphatic rings. The first-order valence-electron chi connectivity index (χ1n) is 9.68. The van der Waals surface area contributed by atoms with Crippen molar-refractivity contribution in [2.75, 3.05) is 24.4 Å². The molecule has 31 heavy (non-hydrogen) atoms. The monoisotopic (exact) mass is 420 g/mol. The number of aryl methyl sites for hydroxylation is 1. The van der Waals surface area contributed by atoms with Gasteiger partial charge in [-0.3, -0.25) is 4.79 Å². The molecule has 0 aliphatic carbocycles. The van der Waals surface area contributed by atoms with Gasteiger partial charge in [0.1, 0.15) is 0 Å². The molecule has 3 N–H and O–H groups in total. The number of carboxylic acids is 1. The number of rotatable bonds is 9. The van der Waals surface area contributed by atoms with Crippen molar-refractivity contribution >= 4 is 23.3 Å². The fourth-order valence-electron chi connectivity index (χ4n) is 2.85. The number of hydrogen-bond donors (Lipinski definition) is 3. The predicted octanol–water partition coefficient (Wildman–Crippen LogP) is 4.33. The van der Waals surface area contributed by atoms with Crippen molar-refractivity contribution in [3.05, 3.63) is 83.4 Å². The van der Waals surface area contributed by atoms with E-state index in [9.17, 15) is 9.59 Å². The second-order valence-corrected chi connectivity index (χ2v) is 6.92. The maximum Gasteiger partial charge on any atom is 0.335 e. The molecule has 3 rings (SSSR count). The standard InChI is InChI=1S/C24H24N2O5/c1-16-3-8-20(9-4-16)26-23(27)15-31-21-12-5-17(13-22(21)30-2)14-25-19-10-6-18(7-11-19)24(28)29/h3-13,25H,14-15H2,1-2H3,(H,26,27)(H,28,29). The Labute approximate surface area is 180 Å². The van der Waals surface area contributed by atoms with Crippen molar-refractivity contribution in [2.45, 2.75) is 13.5 Å². The van der Waals surface area contributed by atoms with Crippen LogP contribution < -0.4 is 20.1 Å². The summed E-state index contributed by atoms with van der Waals surface area (Å²) in [6, 6.07) is 19.5. The van der Waals surface area contributed by atoms with Crippen molar-refractivity contribution in [1.29, 1.82) is 0 Å². The van der Waals surface area contributed by atoms with Crippen LogP contribution in [0.25, 0.3) is 0 Å². The molecule has 0 radical (unpaired) electrons. The van der Waals surface area contributed by atoms with Gasteiger partial charge in [0.15, 0.2) is 18.1 Å². The van der Waals surface area contributed by atoms with E-state index in [4.69, 9.17) is 14.6 Å². The number of methoxy groups -OCH3 is 1. The quantitative estimate of drug-likeness (QED) is 0.477. The number of nitrogens with one attached hydrogen (secondary N) is 2. The average Bonchev–Trinajstić information content (AvgIpc) is 2.78. The summed E-state index contributed by atoms with van der Waals surface area (Å²) >= 11 is 0. The minimum absolute atomic E-state index is 0.141. The Morgan fingerprint density at radius 2 is 1.58 bits per heavy atom. The van der Waals surface area contributed by atoms with Crippen LogP contribution in [0.1, 0.15) is 21.5 Å². The topological polar surface area (TPSA) is 96.9 Å². The van der Waals surface area contributed by atoms with Gasteiger partial charge in [0, 0.05) is 17.9 Å². The van der Waals surface area contributed by atoms with E-state index in [2.05, 4.69) is 10.6 Å². The van der Waals surface area contributed by atoms with Gasteiger partial charge >= 0.3 is 5.97 Å². The van der Waals surface area contributed by atoms with Crippen LogP contribution in [0.3, 0.4) is 0 Å². The van der Waals surface area contributed by atoms with Gasteiger partial charge < -0.3 is 25.2 Å². The zero-order chi connectivity index (χ0) is 22.2. The van der Waals surface area contributed by atoms with E-state index < -0.39 is 5.97 Å². The first-order valence-corrected chi connectivity index (χ1v) is 9.68. The van der Waals surface area contributed by atoms with Gasteiger partial charge in [-0.05, 0) is 61.0 Å². The molecule has 0 saturated carbocycles. The summed E-state index contributed by atoms with van der Waals surface area (Å²) in [6.07, 6.45) is 0. The van der Waals surface area contributed by atoms with E-state index in [1.165, 1.54) is 7.11 Å². The summed E-state index contributed by atoms with van der Waals surface area (Å²) in [6.45, 7) is 2.35. The molecular formula is C24H24N2O5. The summed E-state index contributed by atoms with van der Waals surface area (Å²) in [5.41, 5.74) is 3.81. The normalized spacial score (nSPS) is 10.3. The van der Waals surface area contributed by atoms with Gasteiger partial charge in [-0.25, -0.2) is 4.79 Å². The smallest absolute Gasteiger partial charge is 0.335 e. The van der Waals surface area contributed by atoms with Gasteiger partial charge in [0.2, 0.25) is 0 Å². The number of carbonyl (C=O) groups is 2. The van der Waals surface area contributed by atoms with Crippen LogP contribution in [0.5, 0.6) is 11.5 Å². The van der Waals surface area contributed by atoms with Crippen LogP contribution in [-0.4, -0.2) is 30.7 Å². The molecule has 160 valence electrons. The Balaban J connectivity index is 1.55. The summed E-state index contributed by atoms with van der Waals surface area (Å²) in [5, 5.41) is 15.0. The molecule has 0 fully saturated rings. The van der Waals surface area contributed by atoms with Crippen LogP contribution in [0.15, 0.2) is 66.7 Å². The summed E-state index contributed by atoms with van der Waals surface area (Å²) < 4.78 is 11.0. The molecular weight excluding hydrogens is 396 g/mol. The number of benzene rings is 3. The van der Waals surface area contributed by atoms with Crippen molar-refractivity contribution in [1.82, 2.24) is 0 Å². The van der Waals surface area contributed by atoms with E-state index in [0.717, 1.165) is 16.8 Å². The van der Waals surface area contributed by atoms with Gasteiger partial charge in [0.25, 0.3) is 5.91 Å². The lowest BCUT2D eigenvalue weighted by molar-refractivity contribution is -0.118. The van der Waals surface area contributed by atoms with Crippen LogP contribution >= 0.6 is 0 Å². The molecule has 7 heteroatoms. The van der Waals surface area contributed by atoms with Gasteiger partial charge in [0.05, 0.1) is 12.7 Å². The molecule has 3 aromatic rings. The van der Waals surface area contributed by atoms with Crippen molar-refractivity contribution in [3.63, 3.8) is 0 Å². The molecule has 0 unspecified atom stereocenters. The van der Waals surface area contributed by atoms with Gasteiger partial charge in [-0.1, -0.05) is 23.8 Å². The third-order valence-corrected chi connectivity index (χ3v) is 4.55. The van der Waals surface area contributed by atoms with Crippen molar-refractivity contribution in [3.8, 4) is 11.5 Å². The lowest BCUT2D eigenvalue weighted by Crippen LogP contribution is -2.20. The highest BCUT2D eigenvalue weighted by Gasteiger charge is 2.09. The highest BCUT2D eigenvalue weighted by molar-refractivity contribution is 5.92. The molecule has 3 aromatic carbocycles. The Hall–Kier alpha value is -4.00. The molecule has 0 aromatic heterocycles. The number of aromatic carboxylic acids is 1. The molecule has 0 heterocycles. The Bertz CT molecular complexity index is 1050. The lowest BCUT2D eigenvalue weighted by Gasteiger charge is -2.13. The van der Waals surface area contributed by atoms with Gasteiger partial charge in [-0.15, -0.1) is 0 Å². The van der Waals surface area contributed by atoms with Gasteiger partial charge in [-0.2, -0.15) is 0 Å². The number of amides is 1. The first-order chi connectivity index (χ1) is 14.9. The molecule has 7 nitrogen and oxygen atoms in total. The largest absolute Gasteiger partial charge is 0.493 e. The summed E-state index contributed by atoms with van der Waals surface area (Å²) in [7, 11) is 1.54. The Kier molecular flexibility index (Phi) is 7.11. The average molecular weight is 420 g/mol. The number of ether oxygens (including phenoxy) is 2. The van der Waals surface area contributed by atoms with Crippen LogP contribution in [-0.2, 0) is 11.3 Å². The van der Waals surface area contributed by atoms with E-state index in [1.807, 2.05) is 43.3 Å². The van der Waals surface area contributed by atoms with E-state index in [1.54, 1.807) is 30.3 Å². The predicted molar refractivity (Wildman–Crippen MR) is 119 cm³/mol. The zero-order valence-corrected chi connectivity index (χ0v) is 17.3. The summed E-state index contributed by atoms with van der Waals surface area (Å²) in [5.74, 6) is -0.236. The molecule has 0 saturated heterocycles. The first kappa shape index (κ1) is 21.7. The Morgan fingerprint density at radius 3 is 2.23 bits per heavy atom. The SMILES string of the molecule is COc1cc(CNc2ccc(C(=O)O)cc2)ccc1OCC(=O)Nc1ccc(C)cc1. The minimum Gasteiger partial charge on any atom is -0.493 e. The fraction of sp³-hybridized carbons (Fsp3) is 0.167. The molecule has 1 amide bonds. The Morgan fingerprint density at radius 1 is 0.903 bits per heavy atom. The molecule has 0 spiro atoms. The van der Waals surface area contributed by atoms with Crippen LogP contribution in [0.4, 0.5) is 11.4 Å². The minimum atomic E-state index is -0.959. The van der Waals surface area contributed by atoms with Crippen molar-refractivity contribution < 1.29 is 24.2 Å². The number of hydrogen-bond acceptors (Lipinski definition) is 5. The van der Waals surface area contributed by atoms with E-state index in [0.29, 0.717) is 23.7 Å². The van der Waals surface area contributed by atoms with Crippen LogP contribution in [0.2, 0.25) is 0 Å². The molecule has 0 atom stereocenters. The third kappa shape index (κ3) is 6.24. The molecule has 0 bridgehead atoms. The maximum absolute atomic E-state index is 12.1. The van der Waals surface area contributed by atoms with E-state index in [-0.39, 0.29) is 18.1 Å². The summed E-state index contributed by atoms with van der Waals surface area (Å²) in [4.78, 5) is 23.1. The van der Waals surface area contributed by atoms with Crippen molar-refractivity contribution in [2.24, 2.45) is 0 Å². The third-order valence-electron chi connectivity index (χ3n) is 4.55. The van der Waals surface area contributed by atoms with E-state index >= 15 is 0 Å². The van der Waals surface area contributed by atoms with Crippen LogP contribution in [0, 0.1) is 6.92 Å². The fourth-order valence-corrected chi connectivity index (χ4v) is 2.85. The number of anilines is 2.